The minimum atomic E-state index is 0.311. The van der Waals surface area contributed by atoms with Gasteiger partial charge in [0.2, 0.25) is 0 Å². The lowest BCUT2D eigenvalue weighted by molar-refractivity contribution is 0.438. The van der Waals surface area contributed by atoms with Crippen molar-refractivity contribution in [3.05, 3.63) is 45.7 Å². The first kappa shape index (κ1) is 16.2. The number of nitrogens with zero attached hydrogens (tertiary/aromatic N) is 2. The lowest BCUT2D eigenvalue weighted by Crippen LogP contribution is -2.19. The molecule has 1 aromatic heterocycles. The summed E-state index contributed by atoms with van der Waals surface area (Å²) in [6.45, 7) is 6.06. The first-order valence-electron chi connectivity index (χ1n) is 6.69. The molecule has 0 aliphatic rings. The third-order valence-corrected chi connectivity index (χ3v) is 3.51. The molecule has 0 saturated carbocycles. The van der Waals surface area contributed by atoms with Gasteiger partial charge in [-0.3, -0.25) is 0 Å². The second-order valence-corrected chi connectivity index (χ2v) is 6.37. The van der Waals surface area contributed by atoms with Crippen molar-refractivity contribution < 1.29 is 4.74 Å². The molecule has 4 nitrogen and oxygen atoms in total. The van der Waals surface area contributed by atoms with Gasteiger partial charge in [0.25, 0.3) is 0 Å². The lowest BCUT2D eigenvalue weighted by Gasteiger charge is -2.08. The van der Waals surface area contributed by atoms with Crippen molar-refractivity contribution in [2.24, 2.45) is 5.92 Å². The summed E-state index contributed by atoms with van der Waals surface area (Å²) >= 11 is 9.28. The highest BCUT2D eigenvalue weighted by Crippen LogP contribution is 2.30. The highest BCUT2D eigenvalue weighted by atomic mass is 79.9. The van der Waals surface area contributed by atoms with E-state index in [1.165, 1.54) is 0 Å². The lowest BCUT2D eigenvalue weighted by atomic mass is 10.2. The summed E-state index contributed by atoms with van der Waals surface area (Å²) in [7, 11) is 0. The molecule has 0 unspecified atom stereocenters. The molecular weight excluding hydrogens is 354 g/mol. The van der Waals surface area contributed by atoms with Crippen molar-refractivity contribution in [2.45, 2.75) is 20.4 Å². The van der Waals surface area contributed by atoms with E-state index >= 15 is 0 Å². The molecule has 2 rings (SSSR count). The van der Waals surface area contributed by atoms with E-state index in [0.29, 0.717) is 22.7 Å². The van der Waals surface area contributed by atoms with Gasteiger partial charge in [0.1, 0.15) is 5.75 Å². The molecule has 0 aliphatic heterocycles. The van der Waals surface area contributed by atoms with Crippen LogP contribution in [0, 0.1) is 5.92 Å². The number of hydrogen-bond donors (Lipinski definition) is 1. The molecule has 21 heavy (non-hydrogen) atoms. The number of nitrogens with one attached hydrogen (secondary N) is 1. The second kappa shape index (κ2) is 7.73. The maximum atomic E-state index is 5.89. The Morgan fingerprint density at radius 2 is 2.00 bits per heavy atom. The van der Waals surface area contributed by atoms with Gasteiger partial charge in [-0.25, -0.2) is 9.97 Å². The van der Waals surface area contributed by atoms with Crippen LogP contribution in [-0.4, -0.2) is 16.5 Å². The smallest absolute Gasteiger partial charge is 0.321 e. The fourth-order valence-corrected chi connectivity index (χ4v) is 2.41. The van der Waals surface area contributed by atoms with E-state index in [-0.39, 0.29) is 0 Å². The Bertz CT molecular complexity index is 590. The van der Waals surface area contributed by atoms with E-state index in [1.807, 2.05) is 0 Å². The van der Waals surface area contributed by atoms with E-state index in [0.717, 1.165) is 23.1 Å². The third kappa shape index (κ3) is 5.26. The first-order valence-corrected chi connectivity index (χ1v) is 7.86. The average Bonchev–Trinajstić information content (AvgIpc) is 2.43. The quantitative estimate of drug-likeness (QED) is 0.817. The highest BCUT2D eigenvalue weighted by Gasteiger charge is 2.06. The van der Waals surface area contributed by atoms with Crippen LogP contribution in [0.25, 0.3) is 0 Å². The molecule has 0 fully saturated rings. The summed E-state index contributed by atoms with van der Waals surface area (Å²) in [6.07, 6.45) is 3.53. The SMILES string of the molecule is CC(C)CNCc1cnc(Oc2ccc(Cl)cc2Br)nc1. The monoisotopic (exact) mass is 369 g/mol. The van der Waals surface area contributed by atoms with Crippen molar-refractivity contribution in [1.82, 2.24) is 15.3 Å². The highest BCUT2D eigenvalue weighted by molar-refractivity contribution is 9.10. The van der Waals surface area contributed by atoms with Gasteiger partial charge in [0.15, 0.2) is 0 Å². The van der Waals surface area contributed by atoms with Gasteiger partial charge < -0.3 is 10.1 Å². The Balaban J connectivity index is 1.95. The maximum Gasteiger partial charge on any atom is 0.321 e. The van der Waals surface area contributed by atoms with Gasteiger partial charge in [-0.05, 0) is 46.6 Å². The van der Waals surface area contributed by atoms with Crippen molar-refractivity contribution in [3.8, 4) is 11.8 Å². The first-order chi connectivity index (χ1) is 10.0. The second-order valence-electron chi connectivity index (χ2n) is 5.08. The topological polar surface area (TPSA) is 47.0 Å². The minimum Gasteiger partial charge on any atom is -0.423 e. The molecule has 0 radical (unpaired) electrons. The van der Waals surface area contributed by atoms with Crippen LogP contribution in [0.1, 0.15) is 19.4 Å². The molecule has 0 bridgehead atoms. The summed E-state index contributed by atoms with van der Waals surface area (Å²) in [5.41, 5.74) is 1.03. The number of halogens is 2. The van der Waals surface area contributed by atoms with E-state index in [4.69, 9.17) is 16.3 Å². The minimum absolute atomic E-state index is 0.311. The van der Waals surface area contributed by atoms with E-state index in [1.54, 1.807) is 30.6 Å². The Morgan fingerprint density at radius 3 is 2.62 bits per heavy atom. The summed E-state index contributed by atoms with van der Waals surface area (Å²) in [6, 6.07) is 5.60. The molecular formula is C15H17BrClN3O. The van der Waals surface area contributed by atoms with Gasteiger partial charge in [-0.1, -0.05) is 25.4 Å². The molecule has 0 amide bonds. The van der Waals surface area contributed by atoms with Crippen LogP contribution in [-0.2, 0) is 6.54 Å². The van der Waals surface area contributed by atoms with Crippen LogP contribution >= 0.6 is 27.5 Å². The summed E-state index contributed by atoms with van der Waals surface area (Å²) in [4.78, 5) is 8.42. The van der Waals surface area contributed by atoms with Gasteiger partial charge in [0.05, 0.1) is 4.47 Å². The van der Waals surface area contributed by atoms with Crippen molar-refractivity contribution in [3.63, 3.8) is 0 Å². The molecule has 1 N–H and O–H groups in total. The summed E-state index contributed by atoms with van der Waals surface area (Å²) in [5.74, 6) is 1.25. The number of aromatic nitrogens is 2. The molecule has 1 heterocycles. The van der Waals surface area contributed by atoms with E-state index in [2.05, 4.69) is 45.1 Å². The molecule has 0 spiro atoms. The Kier molecular flexibility index (Phi) is 5.96. The van der Waals surface area contributed by atoms with Crippen molar-refractivity contribution in [1.29, 1.82) is 0 Å². The molecule has 2 aromatic rings. The van der Waals surface area contributed by atoms with Gasteiger partial charge in [-0.2, -0.15) is 0 Å². The fourth-order valence-electron chi connectivity index (χ4n) is 1.65. The molecule has 0 atom stereocenters. The van der Waals surface area contributed by atoms with Crippen LogP contribution < -0.4 is 10.1 Å². The number of hydrogen-bond acceptors (Lipinski definition) is 4. The van der Waals surface area contributed by atoms with E-state index in [9.17, 15) is 0 Å². The zero-order chi connectivity index (χ0) is 15.2. The molecule has 6 heteroatoms. The standard InChI is InChI=1S/C15H17BrClN3O/c1-10(2)6-18-7-11-8-19-15(20-9-11)21-14-4-3-12(17)5-13(14)16/h3-5,8-10,18H,6-7H2,1-2H3. The summed E-state index contributed by atoms with van der Waals surface area (Å²) < 4.78 is 6.38. The van der Waals surface area contributed by atoms with Crippen LogP contribution in [0.2, 0.25) is 5.02 Å². The van der Waals surface area contributed by atoms with Crippen LogP contribution in [0.15, 0.2) is 35.1 Å². The largest absolute Gasteiger partial charge is 0.423 e. The normalized spacial score (nSPS) is 10.9. The Morgan fingerprint density at radius 1 is 1.29 bits per heavy atom. The number of rotatable bonds is 6. The van der Waals surface area contributed by atoms with Crippen molar-refractivity contribution >= 4 is 27.5 Å². The maximum absolute atomic E-state index is 5.89. The predicted octanol–water partition coefficient (Wildman–Crippen LogP) is 4.43. The van der Waals surface area contributed by atoms with Gasteiger partial charge in [0, 0.05) is 29.5 Å². The predicted molar refractivity (Wildman–Crippen MR) is 87.8 cm³/mol. The van der Waals surface area contributed by atoms with Crippen LogP contribution in [0.3, 0.4) is 0 Å². The van der Waals surface area contributed by atoms with Crippen molar-refractivity contribution in [2.75, 3.05) is 6.54 Å². The third-order valence-electron chi connectivity index (χ3n) is 2.66. The van der Waals surface area contributed by atoms with Gasteiger partial charge >= 0.3 is 6.01 Å². The average molecular weight is 371 g/mol. The van der Waals surface area contributed by atoms with E-state index < -0.39 is 0 Å². The number of ether oxygens (including phenoxy) is 1. The summed E-state index contributed by atoms with van der Waals surface area (Å²) in [5, 5.41) is 3.98. The molecule has 0 saturated heterocycles. The number of benzene rings is 1. The zero-order valence-electron chi connectivity index (χ0n) is 11.9. The van der Waals surface area contributed by atoms with Crippen LogP contribution in [0.5, 0.6) is 11.8 Å². The Labute approximate surface area is 138 Å². The fraction of sp³-hybridized carbons (Fsp3) is 0.333. The Hall–Kier alpha value is -1.17. The molecule has 1 aromatic carbocycles. The van der Waals surface area contributed by atoms with Crippen LogP contribution in [0.4, 0.5) is 0 Å². The van der Waals surface area contributed by atoms with Gasteiger partial charge in [-0.15, -0.1) is 0 Å². The molecule has 112 valence electrons. The zero-order valence-corrected chi connectivity index (χ0v) is 14.3. The molecule has 0 aliphatic carbocycles.